The van der Waals surface area contributed by atoms with Crippen molar-refractivity contribution in [3.63, 3.8) is 0 Å². The highest BCUT2D eigenvalue weighted by molar-refractivity contribution is 6.33. The number of rotatable bonds is 5. The Kier molecular flexibility index (Phi) is 5.92. The van der Waals surface area contributed by atoms with Gasteiger partial charge in [0.15, 0.2) is 0 Å². The van der Waals surface area contributed by atoms with Crippen LogP contribution in [0.4, 0.5) is 5.69 Å². The molecule has 0 radical (unpaired) electrons. The first-order chi connectivity index (χ1) is 14.9. The molecule has 156 valence electrons. The van der Waals surface area contributed by atoms with Gasteiger partial charge in [-0.05, 0) is 62.2 Å². The zero-order valence-corrected chi connectivity index (χ0v) is 18.5. The van der Waals surface area contributed by atoms with E-state index < -0.39 is 0 Å². The van der Waals surface area contributed by atoms with Crippen LogP contribution in [0, 0.1) is 13.8 Å². The molecule has 3 aromatic carbocycles. The highest BCUT2D eigenvalue weighted by atomic mass is 35.5. The standard InChI is InChI=1S/C26H23ClN2O2/c1-17-11-18(2)13-21(12-17)16-31-25-10-9-20(15-24(25)27)14-23-19(3)28-29(26(23)30)22-7-5-4-6-8-22/h4-15H,16H2,1-3H3/b23-14+. The summed E-state index contributed by atoms with van der Waals surface area (Å²) >= 11 is 6.46. The molecule has 0 bridgehead atoms. The van der Waals surface area contributed by atoms with Crippen LogP contribution in [0.5, 0.6) is 5.75 Å². The third-order valence-corrected chi connectivity index (χ3v) is 5.30. The van der Waals surface area contributed by atoms with E-state index in [1.54, 1.807) is 6.07 Å². The predicted octanol–water partition coefficient (Wildman–Crippen LogP) is 6.34. The van der Waals surface area contributed by atoms with Gasteiger partial charge in [0, 0.05) is 0 Å². The molecular formula is C26H23ClN2O2. The monoisotopic (exact) mass is 430 g/mol. The maximum atomic E-state index is 12.9. The Hall–Kier alpha value is -3.37. The number of carbonyl (C=O) groups excluding carboxylic acids is 1. The minimum absolute atomic E-state index is 0.157. The van der Waals surface area contributed by atoms with E-state index in [1.165, 1.54) is 16.1 Å². The summed E-state index contributed by atoms with van der Waals surface area (Å²) in [6.07, 6.45) is 1.81. The number of carbonyl (C=O) groups is 1. The van der Waals surface area contributed by atoms with Crippen molar-refractivity contribution in [3.05, 3.63) is 99.6 Å². The van der Waals surface area contributed by atoms with Crippen LogP contribution >= 0.6 is 11.6 Å². The van der Waals surface area contributed by atoms with Crippen molar-refractivity contribution < 1.29 is 9.53 Å². The topological polar surface area (TPSA) is 41.9 Å². The van der Waals surface area contributed by atoms with E-state index in [4.69, 9.17) is 16.3 Å². The zero-order valence-electron chi connectivity index (χ0n) is 17.7. The molecule has 4 rings (SSSR count). The lowest BCUT2D eigenvalue weighted by Gasteiger charge is -2.11. The van der Waals surface area contributed by atoms with Gasteiger partial charge >= 0.3 is 0 Å². The second kappa shape index (κ2) is 8.78. The number of hydrogen-bond donors (Lipinski definition) is 0. The second-order valence-electron chi connectivity index (χ2n) is 7.67. The van der Waals surface area contributed by atoms with Crippen LogP contribution in [0.15, 0.2) is 77.4 Å². The average Bonchev–Trinajstić information content (AvgIpc) is 3.01. The lowest BCUT2D eigenvalue weighted by molar-refractivity contribution is -0.114. The van der Waals surface area contributed by atoms with Crippen molar-refractivity contribution in [2.75, 3.05) is 5.01 Å². The smallest absolute Gasteiger partial charge is 0.280 e. The zero-order chi connectivity index (χ0) is 22.0. The van der Waals surface area contributed by atoms with E-state index in [2.05, 4.69) is 37.1 Å². The van der Waals surface area contributed by atoms with Crippen LogP contribution in [0.1, 0.15) is 29.2 Å². The number of para-hydroxylation sites is 1. The Morgan fingerprint density at radius 1 is 0.968 bits per heavy atom. The van der Waals surface area contributed by atoms with E-state index in [0.717, 1.165) is 16.8 Å². The molecule has 0 unspecified atom stereocenters. The number of hydrogen-bond acceptors (Lipinski definition) is 3. The first-order valence-electron chi connectivity index (χ1n) is 10.1. The first-order valence-corrected chi connectivity index (χ1v) is 10.4. The average molecular weight is 431 g/mol. The molecule has 0 fully saturated rings. The van der Waals surface area contributed by atoms with Crippen LogP contribution < -0.4 is 9.75 Å². The summed E-state index contributed by atoms with van der Waals surface area (Å²) in [5.74, 6) is 0.451. The fraction of sp³-hybridized carbons (Fsp3) is 0.154. The third kappa shape index (κ3) is 4.70. The number of amides is 1. The SMILES string of the molecule is CC1=NN(c2ccccc2)C(=O)/C1=C/c1ccc(OCc2cc(C)cc(C)c2)c(Cl)c1. The van der Waals surface area contributed by atoms with Gasteiger partial charge in [-0.1, -0.05) is 65.2 Å². The van der Waals surface area contributed by atoms with E-state index in [0.29, 0.717) is 28.7 Å². The maximum absolute atomic E-state index is 12.9. The Bertz CT molecular complexity index is 1180. The fourth-order valence-electron chi connectivity index (χ4n) is 3.63. The molecule has 0 aromatic heterocycles. The van der Waals surface area contributed by atoms with E-state index in [9.17, 15) is 4.79 Å². The van der Waals surface area contributed by atoms with Crippen LogP contribution in [0.3, 0.4) is 0 Å². The minimum atomic E-state index is -0.157. The summed E-state index contributed by atoms with van der Waals surface area (Å²) in [6, 6.07) is 21.2. The quantitative estimate of drug-likeness (QED) is 0.443. The van der Waals surface area contributed by atoms with Crippen LogP contribution in [-0.2, 0) is 11.4 Å². The lowest BCUT2D eigenvalue weighted by Crippen LogP contribution is -2.21. The molecule has 5 heteroatoms. The fourth-order valence-corrected chi connectivity index (χ4v) is 3.88. The molecule has 0 saturated carbocycles. The molecule has 1 heterocycles. The number of halogens is 1. The molecule has 3 aromatic rings. The maximum Gasteiger partial charge on any atom is 0.280 e. The normalized spacial score (nSPS) is 14.8. The molecule has 0 spiro atoms. The van der Waals surface area contributed by atoms with Crippen molar-refractivity contribution >= 4 is 35.0 Å². The summed E-state index contributed by atoms with van der Waals surface area (Å²) in [5, 5.41) is 6.33. The molecule has 0 atom stereocenters. The number of ether oxygens (including phenoxy) is 1. The molecular weight excluding hydrogens is 408 g/mol. The van der Waals surface area contributed by atoms with Crippen molar-refractivity contribution in [3.8, 4) is 5.75 Å². The van der Waals surface area contributed by atoms with E-state index in [1.807, 2.05) is 55.5 Å². The van der Waals surface area contributed by atoms with Crippen LogP contribution in [-0.4, -0.2) is 11.6 Å². The van der Waals surface area contributed by atoms with Crippen molar-refractivity contribution in [1.29, 1.82) is 0 Å². The summed E-state index contributed by atoms with van der Waals surface area (Å²) < 4.78 is 5.92. The van der Waals surface area contributed by atoms with Crippen LogP contribution in [0.25, 0.3) is 6.08 Å². The molecule has 1 amide bonds. The van der Waals surface area contributed by atoms with Gasteiger partial charge in [0.1, 0.15) is 12.4 Å². The predicted molar refractivity (Wildman–Crippen MR) is 127 cm³/mol. The molecule has 1 aliphatic heterocycles. The minimum Gasteiger partial charge on any atom is -0.487 e. The molecule has 0 aliphatic carbocycles. The molecule has 4 nitrogen and oxygen atoms in total. The van der Waals surface area contributed by atoms with Gasteiger partial charge in [0.2, 0.25) is 0 Å². The van der Waals surface area contributed by atoms with E-state index >= 15 is 0 Å². The largest absolute Gasteiger partial charge is 0.487 e. The Balaban J connectivity index is 1.51. The van der Waals surface area contributed by atoms with Gasteiger partial charge in [0.05, 0.1) is 22.0 Å². The number of hydrazone groups is 1. The third-order valence-electron chi connectivity index (χ3n) is 5.01. The first kappa shape index (κ1) is 20.9. The van der Waals surface area contributed by atoms with E-state index in [-0.39, 0.29) is 5.91 Å². The Labute approximate surface area is 187 Å². The number of anilines is 1. The Morgan fingerprint density at radius 3 is 2.35 bits per heavy atom. The van der Waals surface area contributed by atoms with Gasteiger partial charge < -0.3 is 4.74 Å². The molecule has 1 aliphatic rings. The summed E-state index contributed by atoms with van der Waals surface area (Å²) in [7, 11) is 0. The molecule has 31 heavy (non-hydrogen) atoms. The van der Waals surface area contributed by atoms with Gasteiger partial charge in [-0.2, -0.15) is 10.1 Å². The number of benzene rings is 3. The Morgan fingerprint density at radius 2 is 1.68 bits per heavy atom. The highest BCUT2D eigenvalue weighted by Crippen LogP contribution is 2.29. The molecule has 0 saturated heterocycles. The van der Waals surface area contributed by atoms with Crippen molar-refractivity contribution in [2.45, 2.75) is 27.4 Å². The van der Waals surface area contributed by atoms with Gasteiger partial charge in [-0.15, -0.1) is 0 Å². The lowest BCUT2D eigenvalue weighted by atomic mass is 10.1. The number of aryl methyl sites for hydroxylation is 2. The highest BCUT2D eigenvalue weighted by Gasteiger charge is 2.28. The summed E-state index contributed by atoms with van der Waals surface area (Å²) in [6.45, 7) is 6.41. The summed E-state index contributed by atoms with van der Waals surface area (Å²) in [5.41, 5.74) is 6.28. The van der Waals surface area contributed by atoms with Crippen molar-refractivity contribution in [2.24, 2.45) is 5.10 Å². The second-order valence-corrected chi connectivity index (χ2v) is 8.08. The van der Waals surface area contributed by atoms with Gasteiger partial charge in [-0.25, -0.2) is 0 Å². The summed E-state index contributed by atoms with van der Waals surface area (Å²) in [4.78, 5) is 12.9. The van der Waals surface area contributed by atoms with Gasteiger partial charge in [-0.3, -0.25) is 4.79 Å². The molecule has 0 N–H and O–H groups in total. The van der Waals surface area contributed by atoms with Crippen LogP contribution in [0.2, 0.25) is 5.02 Å². The van der Waals surface area contributed by atoms with Gasteiger partial charge in [0.25, 0.3) is 5.91 Å². The van der Waals surface area contributed by atoms with Crippen molar-refractivity contribution in [1.82, 2.24) is 0 Å². The number of nitrogens with zero attached hydrogens (tertiary/aromatic N) is 2.